The Balaban J connectivity index is 2.21. The zero-order chi connectivity index (χ0) is 15.5. The zero-order valence-corrected chi connectivity index (χ0v) is 10.8. The molecule has 2 nitrogen and oxygen atoms in total. The third kappa shape index (κ3) is 3.95. The van der Waals surface area contributed by atoms with Gasteiger partial charge < -0.3 is 5.11 Å². The van der Waals surface area contributed by atoms with Crippen molar-refractivity contribution >= 4 is 12.0 Å². The summed E-state index contributed by atoms with van der Waals surface area (Å²) in [5, 5.41) is 8.52. The Labute approximate surface area is 119 Å². The number of hydrogen-bond acceptors (Lipinski definition) is 1. The molecule has 0 spiro atoms. The number of aliphatic carboxylic acids is 1. The third-order valence-electron chi connectivity index (χ3n) is 2.87. The molecule has 0 aliphatic heterocycles. The van der Waals surface area contributed by atoms with E-state index < -0.39 is 17.7 Å². The van der Waals surface area contributed by atoms with Crippen LogP contribution >= 0.6 is 0 Å². The molecule has 2 aromatic rings. The van der Waals surface area contributed by atoms with Gasteiger partial charge in [0.2, 0.25) is 0 Å². The van der Waals surface area contributed by atoms with Crippen LogP contribution in [-0.4, -0.2) is 11.1 Å². The molecule has 0 saturated carbocycles. The fraction of sp³-hybridized carbons (Fsp3) is 0.0625. The largest absolute Gasteiger partial charge is 0.478 e. The van der Waals surface area contributed by atoms with Gasteiger partial charge in [-0.15, -0.1) is 0 Å². The van der Waals surface area contributed by atoms with Gasteiger partial charge in [-0.25, -0.2) is 4.79 Å². The lowest BCUT2D eigenvalue weighted by atomic mass is 10.0. The highest BCUT2D eigenvalue weighted by Crippen LogP contribution is 2.31. The summed E-state index contributed by atoms with van der Waals surface area (Å²) in [6.07, 6.45) is -1.88. The second-order valence-electron chi connectivity index (χ2n) is 4.37. The molecule has 2 rings (SSSR count). The summed E-state index contributed by atoms with van der Waals surface area (Å²) in [7, 11) is 0. The molecule has 1 N–H and O–H groups in total. The first-order valence-corrected chi connectivity index (χ1v) is 6.05. The van der Waals surface area contributed by atoms with Crippen LogP contribution in [0.15, 0.2) is 54.6 Å². The van der Waals surface area contributed by atoms with Gasteiger partial charge in [-0.2, -0.15) is 13.2 Å². The lowest BCUT2D eigenvalue weighted by Gasteiger charge is -2.08. The molecule has 0 fully saturated rings. The summed E-state index contributed by atoms with van der Waals surface area (Å²) in [4.78, 5) is 10.4. The number of halogens is 3. The maximum Gasteiger partial charge on any atom is 0.416 e. The molecule has 0 unspecified atom stereocenters. The van der Waals surface area contributed by atoms with Crippen molar-refractivity contribution in [2.24, 2.45) is 0 Å². The quantitative estimate of drug-likeness (QED) is 0.847. The minimum Gasteiger partial charge on any atom is -0.478 e. The molecule has 0 aliphatic rings. The van der Waals surface area contributed by atoms with Gasteiger partial charge >= 0.3 is 12.1 Å². The maximum absolute atomic E-state index is 12.5. The van der Waals surface area contributed by atoms with Crippen LogP contribution in [0.4, 0.5) is 13.2 Å². The van der Waals surface area contributed by atoms with Crippen molar-refractivity contribution in [2.45, 2.75) is 6.18 Å². The number of carbonyl (C=O) groups is 1. The van der Waals surface area contributed by atoms with Crippen LogP contribution in [0, 0.1) is 0 Å². The van der Waals surface area contributed by atoms with Crippen LogP contribution in [-0.2, 0) is 11.0 Å². The van der Waals surface area contributed by atoms with E-state index in [4.69, 9.17) is 5.11 Å². The molecule has 0 atom stereocenters. The standard InChI is InChI=1S/C16H11F3O2/c17-16(18,19)14-8-6-13(7-9-14)12-4-1-11(2-5-12)3-10-15(20)21/h1-10H,(H,20,21). The number of alkyl halides is 3. The number of hydrogen-bond donors (Lipinski definition) is 1. The summed E-state index contributed by atoms with van der Waals surface area (Å²) < 4.78 is 37.4. The van der Waals surface area contributed by atoms with Gasteiger partial charge in [-0.05, 0) is 34.9 Å². The second kappa shape index (κ2) is 5.83. The van der Waals surface area contributed by atoms with Gasteiger partial charge in [0.15, 0.2) is 0 Å². The Kier molecular flexibility index (Phi) is 4.12. The first kappa shape index (κ1) is 14.8. The predicted molar refractivity (Wildman–Crippen MR) is 73.5 cm³/mol. The Hall–Kier alpha value is -2.56. The molecule has 0 heterocycles. The van der Waals surface area contributed by atoms with Crippen molar-refractivity contribution in [2.75, 3.05) is 0 Å². The lowest BCUT2D eigenvalue weighted by Crippen LogP contribution is -2.03. The molecule has 0 aromatic heterocycles. The van der Waals surface area contributed by atoms with Crippen molar-refractivity contribution in [3.05, 3.63) is 65.7 Å². The summed E-state index contributed by atoms with van der Waals surface area (Å²) >= 11 is 0. The highest BCUT2D eigenvalue weighted by Gasteiger charge is 2.29. The lowest BCUT2D eigenvalue weighted by molar-refractivity contribution is -0.137. The minimum atomic E-state index is -4.34. The van der Waals surface area contributed by atoms with E-state index in [9.17, 15) is 18.0 Å². The van der Waals surface area contributed by atoms with E-state index in [1.54, 1.807) is 24.3 Å². The molecule has 0 bridgehead atoms. The van der Waals surface area contributed by atoms with Crippen LogP contribution in [0.25, 0.3) is 17.2 Å². The van der Waals surface area contributed by atoms with Gasteiger partial charge in [0.25, 0.3) is 0 Å². The monoisotopic (exact) mass is 292 g/mol. The summed E-state index contributed by atoms with van der Waals surface area (Å²) in [5.74, 6) is -1.04. The van der Waals surface area contributed by atoms with E-state index in [2.05, 4.69) is 0 Å². The van der Waals surface area contributed by atoms with Crippen LogP contribution < -0.4 is 0 Å². The van der Waals surface area contributed by atoms with Crippen LogP contribution in [0.2, 0.25) is 0 Å². The number of carboxylic acid groups (broad SMARTS) is 1. The SMILES string of the molecule is O=C(O)C=Cc1ccc(-c2ccc(C(F)(F)F)cc2)cc1. The molecule has 2 aromatic carbocycles. The molecule has 5 heteroatoms. The Morgan fingerprint density at radius 1 is 0.905 bits per heavy atom. The van der Waals surface area contributed by atoms with E-state index in [1.165, 1.54) is 18.2 Å². The van der Waals surface area contributed by atoms with Crippen LogP contribution in [0.3, 0.4) is 0 Å². The second-order valence-corrected chi connectivity index (χ2v) is 4.37. The molecule has 0 radical (unpaired) electrons. The van der Waals surface area contributed by atoms with Crippen molar-refractivity contribution in [3.63, 3.8) is 0 Å². The smallest absolute Gasteiger partial charge is 0.416 e. The number of rotatable bonds is 3. The fourth-order valence-corrected chi connectivity index (χ4v) is 1.81. The van der Waals surface area contributed by atoms with E-state index in [1.807, 2.05) is 0 Å². The Bertz CT molecular complexity index is 653. The normalized spacial score (nSPS) is 11.8. The summed E-state index contributed by atoms with van der Waals surface area (Å²) in [5.41, 5.74) is 1.44. The summed E-state index contributed by atoms with van der Waals surface area (Å²) in [6, 6.07) is 11.7. The van der Waals surface area contributed by atoms with Crippen molar-refractivity contribution in [3.8, 4) is 11.1 Å². The highest BCUT2D eigenvalue weighted by atomic mass is 19.4. The van der Waals surface area contributed by atoms with Gasteiger partial charge in [-0.3, -0.25) is 0 Å². The van der Waals surface area contributed by atoms with Crippen molar-refractivity contribution in [1.82, 2.24) is 0 Å². The Morgan fingerprint density at radius 3 is 1.81 bits per heavy atom. The predicted octanol–water partition coefficient (Wildman–Crippen LogP) is 4.47. The average molecular weight is 292 g/mol. The first-order valence-electron chi connectivity index (χ1n) is 6.05. The third-order valence-corrected chi connectivity index (χ3v) is 2.87. The van der Waals surface area contributed by atoms with Crippen LogP contribution in [0.1, 0.15) is 11.1 Å². The molecule has 0 amide bonds. The number of benzene rings is 2. The van der Waals surface area contributed by atoms with E-state index in [-0.39, 0.29) is 0 Å². The molecular formula is C16H11F3O2. The van der Waals surface area contributed by atoms with Gasteiger partial charge in [0.1, 0.15) is 0 Å². The van der Waals surface area contributed by atoms with Gasteiger partial charge in [0, 0.05) is 6.08 Å². The molecular weight excluding hydrogens is 281 g/mol. The molecule has 0 aliphatic carbocycles. The highest BCUT2D eigenvalue weighted by molar-refractivity contribution is 5.85. The van der Waals surface area contributed by atoms with E-state index >= 15 is 0 Å². The molecule has 0 saturated heterocycles. The minimum absolute atomic E-state index is 0.664. The number of carboxylic acids is 1. The van der Waals surface area contributed by atoms with E-state index in [0.29, 0.717) is 11.1 Å². The maximum atomic E-state index is 12.5. The summed E-state index contributed by atoms with van der Waals surface area (Å²) in [6.45, 7) is 0. The zero-order valence-electron chi connectivity index (χ0n) is 10.8. The van der Waals surface area contributed by atoms with Gasteiger partial charge in [-0.1, -0.05) is 36.4 Å². The van der Waals surface area contributed by atoms with E-state index in [0.717, 1.165) is 23.8 Å². The first-order chi connectivity index (χ1) is 9.86. The van der Waals surface area contributed by atoms with Gasteiger partial charge in [0.05, 0.1) is 5.56 Å². The van der Waals surface area contributed by atoms with Crippen molar-refractivity contribution < 1.29 is 23.1 Å². The van der Waals surface area contributed by atoms with Crippen LogP contribution in [0.5, 0.6) is 0 Å². The van der Waals surface area contributed by atoms with Crippen molar-refractivity contribution in [1.29, 1.82) is 0 Å². The fourth-order valence-electron chi connectivity index (χ4n) is 1.81. The topological polar surface area (TPSA) is 37.3 Å². The Morgan fingerprint density at radius 2 is 1.38 bits per heavy atom. The molecule has 108 valence electrons. The average Bonchev–Trinajstić information content (AvgIpc) is 2.45. The molecule has 21 heavy (non-hydrogen) atoms.